The third-order valence-electron chi connectivity index (χ3n) is 3.06. The summed E-state index contributed by atoms with van der Waals surface area (Å²) in [5.41, 5.74) is 1.23. The van der Waals surface area contributed by atoms with E-state index in [1.807, 2.05) is 0 Å². The first-order chi connectivity index (χ1) is 11.4. The molecule has 0 fully saturated rings. The Labute approximate surface area is 140 Å². The molecule has 0 atom stereocenters. The van der Waals surface area contributed by atoms with Gasteiger partial charge in [-0.25, -0.2) is 9.97 Å². The fraction of sp³-hybridized carbons (Fsp3) is 0.333. The summed E-state index contributed by atoms with van der Waals surface area (Å²) in [6, 6.07) is 5.58. The van der Waals surface area contributed by atoms with Gasteiger partial charge in [0.1, 0.15) is 22.9 Å². The van der Waals surface area contributed by atoms with Crippen molar-refractivity contribution in [2.45, 2.75) is 19.2 Å². The molecular formula is C15H14ClF4N3O. The maximum absolute atomic E-state index is 12.4. The number of anilines is 1. The minimum absolute atomic E-state index is 0.108. The molecular weight excluding hydrogens is 350 g/mol. The molecule has 24 heavy (non-hydrogen) atoms. The van der Waals surface area contributed by atoms with Crippen LogP contribution in [0.2, 0.25) is 5.02 Å². The zero-order valence-electron chi connectivity index (χ0n) is 12.4. The van der Waals surface area contributed by atoms with Crippen LogP contribution in [0.25, 0.3) is 0 Å². The summed E-state index contributed by atoms with van der Waals surface area (Å²) in [5.74, 6) is 0.126. The Morgan fingerprint density at radius 3 is 2.42 bits per heavy atom. The molecule has 0 aliphatic rings. The number of halogens is 5. The molecule has 0 saturated carbocycles. The van der Waals surface area contributed by atoms with E-state index in [1.54, 1.807) is 12.1 Å². The Morgan fingerprint density at radius 1 is 1.08 bits per heavy atom. The largest absolute Gasteiger partial charge is 0.573 e. The van der Waals surface area contributed by atoms with Crippen LogP contribution in [0.3, 0.4) is 0 Å². The van der Waals surface area contributed by atoms with E-state index in [0.29, 0.717) is 24.5 Å². The topological polar surface area (TPSA) is 47.0 Å². The van der Waals surface area contributed by atoms with E-state index in [1.165, 1.54) is 18.5 Å². The number of aryl methyl sites for hydroxylation is 1. The molecule has 0 saturated heterocycles. The molecule has 0 aliphatic heterocycles. The molecule has 4 nitrogen and oxygen atoms in total. The van der Waals surface area contributed by atoms with Crippen molar-refractivity contribution in [3.63, 3.8) is 0 Å². The lowest BCUT2D eigenvalue weighted by molar-refractivity contribution is -0.274. The molecule has 0 aliphatic carbocycles. The van der Waals surface area contributed by atoms with Crippen LogP contribution in [0.15, 0.2) is 30.6 Å². The molecule has 0 spiro atoms. The summed E-state index contributed by atoms with van der Waals surface area (Å²) in [6.07, 6.45) is -2.77. The Morgan fingerprint density at radius 2 is 1.79 bits per heavy atom. The van der Waals surface area contributed by atoms with Gasteiger partial charge in [-0.3, -0.25) is 4.39 Å². The SMILES string of the molecule is FCCc1ncnc(NCCc2ccc(OC(F)(F)F)cc2)c1Cl. The van der Waals surface area contributed by atoms with Crippen LogP contribution in [0.1, 0.15) is 11.3 Å². The molecule has 1 aromatic carbocycles. The summed E-state index contributed by atoms with van der Waals surface area (Å²) >= 11 is 6.07. The summed E-state index contributed by atoms with van der Waals surface area (Å²) in [5, 5.41) is 3.26. The van der Waals surface area contributed by atoms with Crippen molar-refractivity contribution in [3.05, 3.63) is 46.9 Å². The number of nitrogens with zero attached hydrogens (tertiary/aromatic N) is 2. The molecule has 130 valence electrons. The molecule has 1 heterocycles. The number of nitrogens with one attached hydrogen (secondary N) is 1. The number of rotatable bonds is 7. The number of aromatic nitrogens is 2. The third kappa shape index (κ3) is 5.52. The van der Waals surface area contributed by atoms with Crippen molar-refractivity contribution in [2.75, 3.05) is 18.5 Å². The summed E-state index contributed by atoms with van der Waals surface area (Å²) in [6.45, 7) is -0.117. The lowest BCUT2D eigenvalue weighted by atomic mass is 10.1. The highest BCUT2D eigenvalue weighted by atomic mass is 35.5. The highest BCUT2D eigenvalue weighted by molar-refractivity contribution is 6.33. The van der Waals surface area contributed by atoms with E-state index < -0.39 is 13.0 Å². The smallest absolute Gasteiger partial charge is 0.406 e. The van der Waals surface area contributed by atoms with Crippen LogP contribution in [0.4, 0.5) is 23.4 Å². The zero-order valence-corrected chi connectivity index (χ0v) is 13.2. The van der Waals surface area contributed by atoms with E-state index >= 15 is 0 Å². The van der Waals surface area contributed by atoms with Gasteiger partial charge in [-0.1, -0.05) is 23.7 Å². The fourth-order valence-corrected chi connectivity index (χ4v) is 2.24. The monoisotopic (exact) mass is 363 g/mol. The van der Waals surface area contributed by atoms with Gasteiger partial charge in [0.2, 0.25) is 0 Å². The minimum atomic E-state index is -4.70. The van der Waals surface area contributed by atoms with Gasteiger partial charge in [-0.15, -0.1) is 13.2 Å². The standard InChI is InChI=1S/C15H14ClF4N3O/c16-13-12(5-7-17)22-9-23-14(13)21-8-6-10-1-3-11(4-2-10)24-15(18,19)20/h1-4,9H,5-8H2,(H,21,22,23). The highest BCUT2D eigenvalue weighted by Gasteiger charge is 2.30. The van der Waals surface area contributed by atoms with Gasteiger partial charge in [0, 0.05) is 13.0 Å². The predicted octanol–water partition coefficient (Wildman–Crippen LogP) is 4.20. The van der Waals surface area contributed by atoms with Crippen molar-refractivity contribution >= 4 is 17.4 Å². The first kappa shape index (κ1) is 18.3. The van der Waals surface area contributed by atoms with E-state index in [4.69, 9.17) is 11.6 Å². The zero-order chi connectivity index (χ0) is 17.6. The third-order valence-corrected chi connectivity index (χ3v) is 3.45. The van der Waals surface area contributed by atoms with Crippen molar-refractivity contribution in [1.29, 1.82) is 0 Å². The molecule has 1 N–H and O–H groups in total. The van der Waals surface area contributed by atoms with Crippen LogP contribution in [-0.2, 0) is 12.8 Å². The predicted molar refractivity (Wildman–Crippen MR) is 82.0 cm³/mol. The number of benzene rings is 1. The first-order valence-electron chi connectivity index (χ1n) is 7.03. The van der Waals surface area contributed by atoms with Gasteiger partial charge in [0.05, 0.1) is 12.4 Å². The number of hydrogen-bond donors (Lipinski definition) is 1. The van der Waals surface area contributed by atoms with E-state index in [9.17, 15) is 17.6 Å². The lowest BCUT2D eigenvalue weighted by Crippen LogP contribution is -2.17. The number of alkyl halides is 4. The maximum Gasteiger partial charge on any atom is 0.573 e. The van der Waals surface area contributed by atoms with Crippen LogP contribution in [0, 0.1) is 0 Å². The second-order valence-electron chi connectivity index (χ2n) is 4.79. The average Bonchev–Trinajstić information content (AvgIpc) is 2.51. The molecule has 0 unspecified atom stereocenters. The summed E-state index contributed by atoms with van der Waals surface area (Å²) in [4.78, 5) is 7.89. The molecule has 0 amide bonds. The molecule has 1 aromatic heterocycles. The molecule has 0 bridgehead atoms. The van der Waals surface area contributed by atoms with E-state index in [2.05, 4.69) is 20.0 Å². The van der Waals surface area contributed by atoms with Crippen LogP contribution >= 0.6 is 11.6 Å². The first-order valence-corrected chi connectivity index (χ1v) is 7.41. The summed E-state index contributed by atoms with van der Waals surface area (Å²) < 4.78 is 52.4. The Bertz CT molecular complexity index is 665. The van der Waals surface area contributed by atoms with Gasteiger partial charge >= 0.3 is 6.36 Å². The molecule has 0 radical (unpaired) electrons. The van der Waals surface area contributed by atoms with Gasteiger partial charge in [0.15, 0.2) is 0 Å². The van der Waals surface area contributed by atoms with Gasteiger partial charge in [0.25, 0.3) is 0 Å². The van der Waals surface area contributed by atoms with Crippen LogP contribution < -0.4 is 10.1 Å². The Hall–Kier alpha value is -2.09. The number of ether oxygens (including phenoxy) is 1. The highest BCUT2D eigenvalue weighted by Crippen LogP contribution is 2.24. The molecule has 9 heteroatoms. The number of hydrogen-bond acceptors (Lipinski definition) is 4. The Balaban J connectivity index is 1.89. The quantitative estimate of drug-likeness (QED) is 0.749. The maximum atomic E-state index is 12.4. The normalized spacial score (nSPS) is 11.4. The van der Waals surface area contributed by atoms with Crippen molar-refractivity contribution in [2.24, 2.45) is 0 Å². The van der Waals surface area contributed by atoms with Crippen molar-refractivity contribution in [3.8, 4) is 5.75 Å². The van der Waals surface area contributed by atoms with Gasteiger partial charge in [-0.05, 0) is 24.1 Å². The molecule has 2 aromatic rings. The second kappa shape index (κ2) is 8.14. The van der Waals surface area contributed by atoms with E-state index in [-0.39, 0.29) is 17.2 Å². The molecule has 2 rings (SSSR count). The van der Waals surface area contributed by atoms with Crippen LogP contribution in [-0.4, -0.2) is 29.5 Å². The average molecular weight is 364 g/mol. The summed E-state index contributed by atoms with van der Waals surface area (Å²) in [7, 11) is 0. The lowest BCUT2D eigenvalue weighted by Gasteiger charge is -2.11. The van der Waals surface area contributed by atoms with Crippen LogP contribution in [0.5, 0.6) is 5.75 Å². The minimum Gasteiger partial charge on any atom is -0.406 e. The Kier molecular flexibility index (Phi) is 6.19. The van der Waals surface area contributed by atoms with Gasteiger partial charge < -0.3 is 10.1 Å². The van der Waals surface area contributed by atoms with E-state index in [0.717, 1.165) is 5.56 Å². The second-order valence-corrected chi connectivity index (χ2v) is 5.17. The van der Waals surface area contributed by atoms with Gasteiger partial charge in [-0.2, -0.15) is 0 Å². The van der Waals surface area contributed by atoms with Crippen molar-refractivity contribution in [1.82, 2.24) is 9.97 Å². The fourth-order valence-electron chi connectivity index (χ4n) is 1.98. The van der Waals surface area contributed by atoms with Crippen molar-refractivity contribution < 1.29 is 22.3 Å².